The molecular weight excluding hydrogens is 482 g/mol. The van der Waals surface area contributed by atoms with Crippen LogP contribution in [0.1, 0.15) is 51.7 Å². The average Bonchev–Trinajstić information content (AvgIpc) is 3.50. The van der Waals surface area contributed by atoms with E-state index >= 15 is 0 Å². The van der Waals surface area contributed by atoms with Crippen molar-refractivity contribution < 1.29 is 14.3 Å². The number of benzene rings is 2. The molecule has 6 nitrogen and oxygen atoms in total. The number of aromatic nitrogens is 1. The number of hydrogen-bond donors (Lipinski definition) is 1. The van der Waals surface area contributed by atoms with Gasteiger partial charge in [-0.05, 0) is 68.0 Å². The van der Waals surface area contributed by atoms with Gasteiger partial charge in [0.05, 0.1) is 18.3 Å². The van der Waals surface area contributed by atoms with Crippen LogP contribution in [0.25, 0.3) is 5.00 Å². The van der Waals surface area contributed by atoms with Crippen molar-refractivity contribution in [3.8, 4) is 16.5 Å². The largest absolute Gasteiger partial charge is 0.486 e. The van der Waals surface area contributed by atoms with Gasteiger partial charge in [-0.15, -0.1) is 11.3 Å². The van der Waals surface area contributed by atoms with Crippen molar-refractivity contribution in [3.63, 3.8) is 0 Å². The molecule has 0 fully saturated rings. The standard InChI is InChI=1S/C30H29N3O3S/c1-19-6-4-7-20(16-19)28-24-9-5-13-32(24)29-23(22-8-2-3-10-27(22)37-29)18-33(28)30(34)31-21-11-12-25-26(17-21)36-15-14-35-25/h4-7,9,11-13,16-17,28H,2-3,8,10,14-15,18H2,1H3,(H,31,34)/t28-/m0/s1. The van der Waals surface area contributed by atoms with E-state index in [1.165, 1.54) is 39.4 Å². The van der Waals surface area contributed by atoms with Gasteiger partial charge in [-0.25, -0.2) is 4.79 Å². The van der Waals surface area contributed by atoms with Gasteiger partial charge in [0.25, 0.3) is 0 Å². The normalized spacial score (nSPS) is 17.9. The van der Waals surface area contributed by atoms with Crippen LogP contribution in [0.5, 0.6) is 11.5 Å². The van der Waals surface area contributed by atoms with E-state index in [1.807, 2.05) is 34.4 Å². The molecule has 0 unspecified atom stereocenters. The molecule has 4 aromatic rings. The predicted octanol–water partition coefficient (Wildman–Crippen LogP) is 6.63. The van der Waals surface area contributed by atoms with Crippen LogP contribution in [0.3, 0.4) is 0 Å². The maximum Gasteiger partial charge on any atom is 0.322 e. The van der Waals surface area contributed by atoms with E-state index in [0.717, 1.165) is 24.1 Å². The van der Waals surface area contributed by atoms with Crippen LogP contribution in [0, 0.1) is 6.92 Å². The second kappa shape index (κ2) is 8.99. The molecule has 0 saturated heterocycles. The third-order valence-corrected chi connectivity index (χ3v) is 8.92. The molecular formula is C30H29N3O3S. The summed E-state index contributed by atoms with van der Waals surface area (Å²) >= 11 is 1.91. The summed E-state index contributed by atoms with van der Waals surface area (Å²) in [6, 6.07) is 18.0. The first kappa shape index (κ1) is 22.5. The highest BCUT2D eigenvalue weighted by molar-refractivity contribution is 7.15. The van der Waals surface area contributed by atoms with Gasteiger partial charge in [-0.2, -0.15) is 0 Å². The Morgan fingerprint density at radius 2 is 1.84 bits per heavy atom. The number of urea groups is 1. The zero-order valence-electron chi connectivity index (χ0n) is 20.8. The molecule has 1 N–H and O–H groups in total. The van der Waals surface area contributed by atoms with Crippen LogP contribution >= 0.6 is 11.3 Å². The number of carbonyl (C=O) groups excluding carboxylic acids is 1. The molecule has 2 aliphatic heterocycles. The molecule has 3 aliphatic rings. The Morgan fingerprint density at radius 3 is 2.73 bits per heavy atom. The molecule has 37 heavy (non-hydrogen) atoms. The fraction of sp³-hybridized carbons (Fsp3) is 0.300. The van der Waals surface area contributed by atoms with Crippen LogP contribution in [0.15, 0.2) is 60.8 Å². The molecule has 0 saturated carbocycles. The quantitative estimate of drug-likeness (QED) is 0.328. The summed E-state index contributed by atoms with van der Waals surface area (Å²) in [6.07, 6.45) is 6.82. The van der Waals surface area contributed by atoms with Crippen LogP contribution in [0.4, 0.5) is 10.5 Å². The Labute approximate surface area is 220 Å². The lowest BCUT2D eigenvalue weighted by molar-refractivity contribution is 0.171. The molecule has 7 heteroatoms. The van der Waals surface area contributed by atoms with Crippen molar-refractivity contribution >= 4 is 23.1 Å². The number of thiophene rings is 1. The van der Waals surface area contributed by atoms with Gasteiger partial charge in [0.2, 0.25) is 0 Å². The average molecular weight is 512 g/mol. The molecule has 188 valence electrons. The fourth-order valence-corrected chi connectivity index (χ4v) is 7.30. The second-order valence-corrected chi connectivity index (χ2v) is 11.1. The third kappa shape index (κ3) is 3.89. The number of ether oxygens (including phenoxy) is 2. The van der Waals surface area contributed by atoms with Crippen LogP contribution in [0.2, 0.25) is 0 Å². The summed E-state index contributed by atoms with van der Waals surface area (Å²) in [5, 5.41) is 4.44. The van der Waals surface area contributed by atoms with Crippen LogP contribution in [-0.2, 0) is 19.4 Å². The highest BCUT2D eigenvalue weighted by atomic mass is 32.1. The fourth-order valence-electron chi connectivity index (χ4n) is 5.89. The maximum atomic E-state index is 14.1. The van der Waals surface area contributed by atoms with Crippen molar-refractivity contribution in [2.75, 3.05) is 18.5 Å². The Bertz CT molecular complexity index is 1500. The van der Waals surface area contributed by atoms with Gasteiger partial charge >= 0.3 is 6.03 Å². The lowest BCUT2D eigenvalue weighted by Gasteiger charge is -2.32. The van der Waals surface area contributed by atoms with Crippen LogP contribution in [-0.4, -0.2) is 28.7 Å². The first-order valence-corrected chi connectivity index (χ1v) is 13.8. The molecule has 7 rings (SSSR count). The number of nitrogens with zero attached hydrogens (tertiary/aromatic N) is 2. The minimum Gasteiger partial charge on any atom is -0.486 e. The molecule has 4 heterocycles. The SMILES string of the molecule is Cc1cccc([C@H]2c3cccn3-c3sc4c(c3CN2C(=O)Nc2ccc3c(c2)OCCO3)CCCC4)c1. The summed E-state index contributed by atoms with van der Waals surface area (Å²) in [7, 11) is 0. The van der Waals surface area contributed by atoms with Crippen LogP contribution < -0.4 is 14.8 Å². The summed E-state index contributed by atoms with van der Waals surface area (Å²) in [5.74, 6) is 1.38. The topological polar surface area (TPSA) is 55.7 Å². The number of fused-ring (bicyclic) bond motifs is 6. The van der Waals surface area contributed by atoms with E-state index in [-0.39, 0.29) is 12.1 Å². The molecule has 0 bridgehead atoms. The lowest BCUT2D eigenvalue weighted by atomic mass is 9.95. The molecule has 0 radical (unpaired) electrons. The number of nitrogens with one attached hydrogen (secondary N) is 1. The monoisotopic (exact) mass is 511 g/mol. The molecule has 2 aromatic carbocycles. The van der Waals surface area contributed by atoms with E-state index in [9.17, 15) is 4.79 Å². The van der Waals surface area contributed by atoms with Crippen molar-refractivity contribution in [2.24, 2.45) is 0 Å². The first-order chi connectivity index (χ1) is 18.2. The third-order valence-electron chi connectivity index (χ3n) is 7.59. The summed E-state index contributed by atoms with van der Waals surface area (Å²) in [6.45, 7) is 3.72. The Morgan fingerprint density at radius 1 is 0.973 bits per heavy atom. The molecule has 1 atom stereocenters. The van der Waals surface area contributed by atoms with E-state index < -0.39 is 0 Å². The number of amides is 2. The predicted molar refractivity (Wildman–Crippen MR) is 145 cm³/mol. The van der Waals surface area contributed by atoms with Gasteiger partial charge in [0.1, 0.15) is 18.2 Å². The maximum absolute atomic E-state index is 14.1. The molecule has 2 amide bonds. The summed E-state index contributed by atoms with van der Waals surface area (Å²) < 4.78 is 13.7. The van der Waals surface area contributed by atoms with Crippen molar-refractivity contribution in [3.05, 3.63) is 93.6 Å². The Kier molecular flexibility index (Phi) is 5.47. The number of rotatable bonds is 2. The first-order valence-electron chi connectivity index (χ1n) is 13.0. The molecule has 0 spiro atoms. The Hall–Kier alpha value is -3.71. The van der Waals surface area contributed by atoms with Crippen molar-refractivity contribution in [2.45, 2.75) is 45.2 Å². The zero-order chi connectivity index (χ0) is 24.9. The van der Waals surface area contributed by atoms with Crippen molar-refractivity contribution in [1.82, 2.24) is 9.47 Å². The highest BCUT2D eigenvalue weighted by Gasteiger charge is 2.36. The Balaban J connectivity index is 1.33. The van der Waals surface area contributed by atoms with Gasteiger partial charge in [0.15, 0.2) is 11.5 Å². The second-order valence-electron chi connectivity index (χ2n) is 10.0. The molecule has 1 aliphatic carbocycles. The number of carbonyl (C=O) groups is 1. The number of hydrogen-bond acceptors (Lipinski definition) is 4. The van der Waals surface area contributed by atoms with Crippen molar-refractivity contribution in [1.29, 1.82) is 0 Å². The number of aryl methyl sites for hydroxylation is 2. The summed E-state index contributed by atoms with van der Waals surface area (Å²) in [5.41, 5.74) is 6.85. The van der Waals surface area contributed by atoms with Gasteiger partial charge in [-0.3, -0.25) is 0 Å². The highest BCUT2D eigenvalue weighted by Crippen LogP contribution is 2.44. The number of anilines is 1. The van der Waals surface area contributed by atoms with E-state index in [2.05, 4.69) is 59.4 Å². The van der Waals surface area contributed by atoms with E-state index in [0.29, 0.717) is 36.9 Å². The molecule has 2 aromatic heterocycles. The zero-order valence-corrected chi connectivity index (χ0v) is 21.6. The van der Waals surface area contributed by atoms with Gasteiger partial charge < -0.3 is 24.3 Å². The lowest BCUT2D eigenvalue weighted by Crippen LogP contribution is -2.38. The smallest absolute Gasteiger partial charge is 0.322 e. The van der Waals surface area contributed by atoms with Gasteiger partial charge in [-0.1, -0.05) is 29.8 Å². The minimum atomic E-state index is -0.217. The summed E-state index contributed by atoms with van der Waals surface area (Å²) in [4.78, 5) is 17.6. The van der Waals surface area contributed by atoms with E-state index in [4.69, 9.17) is 9.47 Å². The van der Waals surface area contributed by atoms with E-state index in [1.54, 1.807) is 0 Å². The van der Waals surface area contributed by atoms with Gasteiger partial charge in [0, 0.05) is 28.4 Å². The minimum absolute atomic E-state index is 0.125.